The predicted molar refractivity (Wildman–Crippen MR) is 86.4 cm³/mol. The molecule has 1 N–H and O–H groups in total. The highest BCUT2D eigenvalue weighted by atomic mass is 16.3. The largest absolute Gasteiger partial charge is 0.396 e. The van der Waals surface area contributed by atoms with Gasteiger partial charge in [-0.25, -0.2) is 0 Å². The van der Waals surface area contributed by atoms with Crippen LogP contribution in [0.15, 0.2) is 0 Å². The lowest BCUT2D eigenvalue weighted by Gasteiger charge is -2.18. The Labute approximate surface area is 122 Å². The maximum absolute atomic E-state index is 9.47. The van der Waals surface area contributed by atoms with Gasteiger partial charge in [0.25, 0.3) is 0 Å². The topological polar surface area (TPSA) is 20.2 Å². The highest BCUT2D eigenvalue weighted by Gasteiger charge is 2.11. The Morgan fingerprint density at radius 3 is 1.95 bits per heavy atom. The first-order valence-electron chi connectivity index (χ1n) is 8.62. The summed E-state index contributed by atoms with van der Waals surface area (Å²) in [6.07, 6.45) is 10.3. The molecule has 0 aromatic heterocycles. The summed E-state index contributed by atoms with van der Waals surface area (Å²) >= 11 is 0. The predicted octanol–water partition coefficient (Wildman–Crippen LogP) is 5.66. The molecule has 3 atom stereocenters. The molecule has 0 bridgehead atoms. The van der Waals surface area contributed by atoms with Crippen molar-refractivity contribution < 1.29 is 5.11 Å². The molecular weight excluding hydrogens is 232 g/mol. The van der Waals surface area contributed by atoms with Crippen LogP contribution in [-0.2, 0) is 0 Å². The van der Waals surface area contributed by atoms with E-state index < -0.39 is 0 Å². The molecule has 0 saturated heterocycles. The molecule has 0 rings (SSSR count). The van der Waals surface area contributed by atoms with Crippen LogP contribution < -0.4 is 0 Å². The van der Waals surface area contributed by atoms with E-state index in [0.717, 1.165) is 17.8 Å². The average Bonchev–Trinajstić information content (AvgIpc) is 2.37. The summed E-state index contributed by atoms with van der Waals surface area (Å²) in [6, 6.07) is 0. The molecule has 19 heavy (non-hydrogen) atoms. The van der Waals surface area contributed by atoms with Gasteiger partial charge in [-0.2, -0.15) is 0 Å². The van der Waals surface area contributed by atoms with Crippen LogP contribution in [0.1, 0.15) is 86.0 Å². The minimum absolute atomic E-state index is 0.387. The van der Waals surface area contributed by atoms with Gasteiger partial charge < -0.3 is 5.11 Å². The van der Waals surface area contributed by atoms with Crippen molar-refractivity contribution in [2.24, 2.45) is 23.7 Å². The number of aliphatic hydroxyl groups is 1. The fourth-order valence-electron chi connectivity index (χ4n) is 2.72. The van der Waals surface area contributed by atoms with Gasteiger partial charge in [0.2, 0.25) is 0 Å². The van der Waals surface area contributed by atoms with Crippen molar-refractivity contribution in [1.29, 1.82) is 0 Å². The van der Waals surface area contributed by atoms with E-state index in [4.69, 9.17) is 0 Å². The quantitative estimate of drug-likeness (QED) is 0.453. The second-order valence-electron chi connectivity index (χ2n) is 7.03. The van der Waals surface area contributed by atoms with E-state index in [0.29, 0.717) is 12.5 Å². The van der Waals surface area contributed by atoms with Crippen molar-refractivity contribution in [2.75, 3.05) is 6.61 Å². The Hall–Kier alpha value is -0.0400. The molecule has 0 spiro atoms. The second kappa shape index (κ2) is 11.8. The summed E-state index contributed by atoms with van der Waals surface area (Å²) in [6.45, 7) is 12.0. The van der Waals surface area contributed by atoms with Crippen molar-refractivity contribution >= 4 is 0 Å². The van der Waals surface area contributed by atoms with Gasteiger partial charge in [-0.05, 0) is 36.5 Å². The monoisotopic (exact) mass is 270 g/mol. The average molecular weight is 271 g/mol. The first-order chi connectivity index (χ1) is 9.01. The summed E-state index contributed by atoms with van der Waals surface area (Å²) in [4.78, 5) is 0. The summed E-state index contributed by atoms with van der Waals surface area (Å²) < 4.78 is 0. The lowest BCUT2D eigenvalue weighted by Crippen LogP contribution is -2.09. The van der Waals surface area contributed by atoms with Gasteiger partial charge in [-0.1, -0.05) is 73.1 Å². The van der Waals surface area contributed by atoms with E-state index in [9.17, 15) is 5.11 Å². The van der Waals surface area contributed by atoms with Gasteiger partial charge in [0.15, 0.2) is 0 Å². The van der Waals surface area contributed by atoms with Crippen LogP contribution >= 0.6 is 0 Å². The zero-order chi connectivity index (χ0) is 14.7. The molecule has 0 aromatic rings. The highest BCUT2D eigenvalue weighted by molar-refractivity contribution is 4.63. The third kappa shape index (κ3) is 10.4. The fourth-order valence-corrected chi connectivity index (χ4v) is 2.72. The molecular formula is C18H38O. The second-order valence-corrected chi connectivity index (χ2v) is 7.03. The Balaban J connectivity index is 3.64. The van der Waals surface area contributed by atoms with Crippen LogP contribution in [0.3, 0.4) is 0 Å². The van der Waals surface area contributed by atoms with Crippen molar-refractivity contribution in [3.63, 3.8) is 0 Å². The van der Waals surface area contributed by atoms with Gasteiger partial charge in [-0.15, -0.1) is 0 Å². The first kappa shape index (κ1) is 19.0. The summed E-state index contributed by atoms with van der Waals surface area (Å²) in [5.74, 6) is 3.04. The lowest BCUT2D eigenvalue weighted by molar-refractivity contribution is 0.198. The summed E-state index contributed by atoms with van der Waals surface area (Å²) in [5.41, 5.74) is 0. The number of hydrogen-bond acceptors (Lipinski definition) is 1. The zero-order valence-electron chi connectivity index (χ0n) is 14.1. The molecule has 0 heterocycles. The number of unbranched alkanes of at least 4 members (excludes halogenated alkanes) is 1. The fraction of sp³-hybridized carbons (Fsp3) is 1.00. The smallest absolute Gasteiger partial charge is 0.0459 e. The Morgan fingerprint density at radius 2 is 1.42 bits per heavy atom. The van der Waals surface area contributed by atoms with Crippen LogP contribution in [0.4, 0.5) is 0 Å². The van der Waals surface area contributed by atoms with E-state index in [1.807, 2.05) is 0 Å². The zero-order valence-corrected chi connectivity index (χ0v) is 14.1. The summed E-state index contributed by atoms with van der Waals surface area (Å²) in [7, 11) is 0. The van der Waals surface area contributed by atoms with Gasteiger partial charge >= 0.3 is 0 Å². The van der Waals surface area contributed by atoms with Crippen LogP contribution in [-0.4, -0.2) is 11.7 Å². The molecule has 0 aliphatic heterocycles. The minimum atomic E-state index is 0.387. The standard InChI is InChI=1S/C18H38O/c1-6-9-16(4)12-13-18(14-19)11-8-7-10-17(5)15(2)3/h15-19H,6-14H2,1-5H3. The molecule has 0 aromatic carbocycles. The van der Waals surface area contributed by atoms with E-state index in [1.165, 1.54) is 51.4 Å². The number of hydrogen-bond donors (Lipinski definition) is 1. The van der Waals surface area contributed by atoms with Crippen LogP contribution in [0.5, 0.6) is 0 Å². The number of aliphatic hydroxyl groups excluding tert-OH is 1. The summed E-state index contributed by atoms with van der Waals surface area (Å²) in [5, 5.41) is 9.47. The van der Waals surface area contributed by atoms with Crippen LogP contribution in [0, 0.1) is 23.7 Å². The molecule has 0 amide bonds. The Kier molecular flexibility index (Phi) is 11.7. The molecule has 0 aliphatic carbocycles. The molecule has 3 unspecified atom stereocenters. The molecule has 1 heteroatoms. The van der Waals surface area contributed by atoms with E-state index in [1.54, 1.807) is 0 Å². The number of rotatable bonds is 12. The van der Waals surface area contributed by atoms with Gasteiger partial charge in [0.1, 0.15) is 0 Å². The maximum Gasteiger partial charge on any atom is 0.0459 e. The van der Waals surface area contributed by atoms with Gasteiger partial charge in [-0.3, -0.25) is 0 Å². The Bertz CT molecular complexity index is 188. The van der Waals surface area contributed by atoms with Crippen molar-refractivity contribution in [2.45, 2.75) is 86.0 Å². The SMILES string of the molecule is CCCC(C)CCC(CO)CCCCC(C)C(C)C. The maximum atomic E-state index is 9.47. The minimum Gasteiger partial charge on any atom is -0.396 e. The van der Waals surface area contributed by atoms with Crippen molar-refractivity contribution in [1.82, 2.24) is 0 Å². The van der Waals surface area contributed by atoms with Crippen LogP contribution in [0.25, 0.3) is 0 Å². The highest BCUT2D eigenvalue weighted by Crippen LogP contribution is 2.22. The lowest BCUT2D eigenvalue weighted by atomic mass is 9.89. The molecule has 0 saturated carbocycles. The Morgan fingerprint density at radius 1 is 0.789 bits per heavy atom. The molecule has 0 fully saturated rings. The normalized spacial score (nSPS) is 16.6. The van der Waals surface area contributed by atoms with Gasteiger partial charge in [0, 0.05) is 6.61 Å². The first-order valence-corrected chi connectivity index (χ1v) is 8.62. The van der Waals surface area contributed by atoms with Crippen molar-refractivity contribution in [3.05, 3.63) is 0 Å². The van der Waals surface area contributed by atoms with Crippen LogP contribution in [0.2, 0.25) is 0 Å². The third-order valence-corrected chi connectivity index (χ3v) is 4.77. The molecule has 0 aliphatic rings. The molecule has 116 valence electrons. The molecule has 0 radical (unpaired) electrons. The van der Waals surface area contributed by atoms with E-state index in [-0.39, 0.29) is 0 Å². The molecule has 1 nitrogen and oxygen atoms in total. The van der Waals surface area contributed by atoms with Gasteiger partial charge in [0.05, 0.1) is 0 Å². The van der Waals surface area contributed by atoms with Crippen molar-refractivity contribution in [3.8, 4) is 0 Å². The van der Waals surface area contributed by atoms with E-state index >= 15 is 0 Å². The third-order valence-electron chi connectivity index (χ3n) is 4.77. The van der Waals surface area contributed by atoms with E-state index in [2.05, 4.69) is 34.6 Å².